The maximum Gasteiger partial charge on any atom is 0.290 e. The third-order valence-corrected chi connectivity index (χ3v) is 4.29. The molecular weight excluding hydrogens is 310 g/mol. The molecule has 0 saturated carbocycles. The first-order valence-electron chi connectivity index (χ1n) is 7.14. The van der Waals surface area contributed by atoms with Gasteiger partial charge in [0.15, 0.2) is 0 Å². The van der Waals surface area contributed by atoms with Crippen molar-refractivity contribution >= 4 is 29.0 Å². The summed E-state index contributed by atoms with van der Waals surface area (Å²) in [5.41, 5.74) is 3.19. The molecule has 0 aromatic heterocycles. The Hall–Kier alpha value is -2.53. The number of rotatable bonds is 4. The second-order valence-electron chi connectivity index (χ2n) is 5.14. The molecule has 5 heteroatoms. The van der Waals surface area contributed by atoms with Crippen LogP contribution in [0, 0.1) is 6.92 Å². The van der Waals surface area contributed by atoms with Crippen LogP contribution in [0.4, 0.5) is 4.79 Å². The average molecular weight is 325 g/mol. The molecule has 1 N–H and O–H groups in total. The van der Waals surface area contributed by atoms with Crippen LogP contribution in [0.2, 0.25) is 0 Å². The highest BCUT2D eigenvalue weighted by atomic mass is 32.2. The molecule has 1 aliphatic heterocycles. The summed E-state index contributed by atoms with van der Waals surface area (Å²) in [5, 5.41) is 1.90. The zero-order chi connectivity index (χ0) is 16.2. The summed E-state index contributed by atoms with van der Waals surface area (Å²) < 4.78 is 5.78. The molecule has 2 aromatic carbocycles. The van der Waals surface area contributed by atoms with Crippen molar-refractivity contribution in [2.24, 2.45) is 0 Å². The summed E-state index contributed by atoms with van der Waals surface area (Å²) in [6.45, 7) is 2.57. The van der Waals surface area contributed by atoms with E-state index in [2.05, 4.69) is 18.3 Å². The Labute approximate surface area is 138 Å². The summed E-state index contributed by atoms with van der Waals surface area (Å²) in [7, 11) is 0. The maximum atomic E-state index is 11.5. The minimum atomic E-state index is -0.347. The standard InChI is InChI=1S/C18H15NO3S/c1-12-4-2-3-5-14(12)11-22-15-8-6-13(7-9-15)10-16-17(20)19-18(21)23-16/h2-10H,11H2,1H3,(H,19,20,21)/b16-10-. The Morgan fingerprint density at radius 3 is 2.48 bits per heavy atom. The first-order valence-corrected chi connectivity index (χ1v) is 7.96. The number of aryl methyl sites for hydroxylation is 1. The molecule has 1 fully saturated rings. The number of imide groups is 1. The molecule has 0 unspecified atom stereocenters. The number of nitrogens with one attached hydrogen (secondary N) is 1. The van der Waals surface area contributed by atoms with Gasteiger partial charge in [-0.2, -0.15) is 0 Å². The first kappa shape index (κ1) is 15.4. The summed E-state index contributed by atoms with van der Waals surface area (Å²) in [6, 6.07) is 15.5. The lowest BCUT2D eigenvalue weighted by atomic mass is 10.1. The quantitative estimate of drug-likeness (QED) is 0.866. The van der Waals surface area contributed by atoms with Crippen molar-refractivity contribution in [2.45, 2.75) is 13.5 Å². The first-order chi connectivity index (χ1) is 11.1. The van der Waals surface area contributed by atoms with Gasteiger partial charge in [0, 0.05) is 0 Å². The van der Waals surface area contributed by atoms with Crippen LogP contribution >= 0.6 is 11.8 Å². The van der Waals surface area contributed by atoms with Gasteiger partial charge in [-0.05, 0) is 53.6 Å². The van der Waals surface area contributed by atoms with Crippen molar-refractivity contribution in [3.8, 4) is 5.75 Å². The van der Waals surface area contributed by atoms with Crippen molar-refractivity contribution in [3.63, 3.8) is 0 Å². The van der Waals surface area contributed by atoms with E-state index in [1.807, 2.05) is 42.5 Å². The molecule has 1 saturated heterocycles. The molecule has 2 amide bonds. The molecule has 0 spiro atoms. The molecule has 4 nitrogen and oxygen atoms in total. The highest BCUT2D eigenvalue weighted by molar-refractivity contribution is 8.18. The fourth-order valence-electron chi connectivity index (χ4n) is 2.17. The molecule has 0 radical (unpaired) electrons. The summed E-state index contributed by atoms with van der Waals surface area (Å²) >= 11 is 0.912. The highest BCUT2D eigenvalue weighted by Crippen LogP contribution is 2.26. The van der Waals surface area contributed by atoms with Gasteiger partial charge in [0.25, 0.3) is 11.1 Å². The molecule has 3 rings (SSSR count). The largest absolute Gasteiger partial charge is 0.489 e. The SMILES string of the molecule is Cc1ccccc1COc1ccc(/C=C2\SC(=O)NC2=O)cc1. The number of hydrogen-bond donors (Lipinski definition) is 1. The van der Waals surface area contributed by atoms with E-state index in [0.29, 0.717) is 11.5 Å². The van der Waals surface area contributed by atoms with Crippen LogP contribution in [-0.4, -0.2) is 11.1 Å². The number of carbonyl (C=O) groups is 2. The fourth-order valence-corrected chi connectivity index (χ4v) is 2.85. The average Bonchev–Trinajstić information content (AvgIpc) is 2.85. The second kappa shape index (κ2) is 6.71. The van der Waals surface area contributed by atoms with Crippen LogP contribution in [0.1, 0.15) is 16.7 Å². The van der Waals surface area contributed by atoms with Crippen LogP contribution in [0.25, 0.3) is 6.08 Å². The minimum Gasteiger partial charge on any atom is -0.489 e. The Morgan fingerprint density at radius 2 is 1.83 bits per heavy atom. The van der Waals surface area contributed by atoms with Gasteiger partial charge in [0.05, 0.1) is 4.91 Å². The van der Waals surface area contributed by atoms with Crippen LogP contribution < -0.4 is 10.1 Å². The van der Waals surface area contributed by atoms with Crippen molar-refractivity contribution in [2.75, 3.05) is 0 Å². The van der Waals surface area contributed by atoms with E-state index in [9.17, 15) is 9.59 Å². The number of carbonyl (C=O) groups excluding carboxylic acids is 2. The normalized spacial score (nSPS) is 15.8. The smallest absolute Gasteiger partial charge is 0.290 e. The van der Waals surface area contributed by atoms with Crippen molar-refractivity contribution in [1.82, 2.24) is 5.32 Å². The zero-order valence-corrected chi connectivity index (χ0v) is 13.4. The van der Waals surface area contributed by atoms with E-state index < -0.39 is 0 Å². The zero-order valence-electron chi connectivity index (χ0n) is 12.5. The van der Waals surface area contributed by atoms with Gasteiger partial charge in [-0.15, -0.1) is 0 Å². The van der Waals surface area contributed by atoms with E-state index in [0.717, 1.165) is 28.6 Å². The van der Waals surface area contributed by atoms with Gasteiger partial charge in [-0.1, -0.05) is 36.4 Å². The molecule has 1 aliphatic rings. The van der Waals surface area contributed by atoms with Gasteiger partial charge in [0.2, 0.25) is 0 Å². The molecule has 23 heavy (non-hydrogen) atoms. The molecule has 0 aliphatic carbocycles. The number of amides is 2. The van der Waals surface area contributed by atoms with E-state index >= 15 is 0 Å². The predicted octanol–water partition coefficient (Wildman–Crippen LogP) is 3.90. The van der Waals surface area contributed by atoms with Gasteiger partial charge in [0.1, 0.15) is 12.4 Å². The predicted molar refractivity (Wildman–Crippen MR) is 91.1 cm³/mol. The number of hydrogen-bond acceptors (Lipinski definition) is 4. The molecule has 116 valence electrons. The number of benzene rings is 2. The second-order valence-corrected chi connectivity index (χ2v) is 6.15. The maximum absolute atomic E-state index is 11.5. The van der Waals surface area contributed by atoms with E-state index in [-0.39, 0.29) is 11.1 Å². The lowest BCUT2D eigenvalue weighted by Crippen LogP contribution is -2.17. The van der Waals surface area contributed by atoms with E-state index in [1.54, 1.807) is 6.08 Å². The lowest BCUT2D eigenvalue weighted by molar-refractivity contribution is -0.115. The van der Waals surface area contributed by atoms with Crippen LogP contribution in [-0.2, 0) is 11.4 Å². The Kier molecular flexibility index (Phi) is 4.48. The van der Waals surface area contributed by atoms with Gasteiger partial charge >= 0.3 is 0 Å². The number of thioether (sulfide) groups is 1. The topological polar surface area (TPSA) is 55.4 Å². The third kappa shape index (κ3) is 3.81. The van der Waals surface area contributed by atoms with E-state index in [4.69, 9.17) is 4.74 Å². The number of ether oxygens (including phenoxy) is 1. The third-order valence-electron chi connectivity index (χ3n) is 3.48. The lowest BCUT2D eigenvalue weighted by Gasteiger charge is -2.08. The Balaban J connectivity index is 1.66. The van der Waals surface area contributed by atoms with Crippen molar-refractivity contribution < 1.29 is 14.3 Å². The van der Waals surface area contributed by atoms with Crippen LogP contribution in [0.3, 0.4) is 0 Å². The van der Waals surface area contributed by atoms with Crippen molar-refractivity contribution in [1.29, 1.82) is 0 Å². The molecule has 1 heterocycles. The minimum absolute atomic E-state index is 0.334. The fraction of sp³-hybridized carbons (Fsp3) is 0.111. The highest BCUT2D eigenvalue weighted by Gasteiger charge is 2.24. The molecule has 0 atom stereocenters. The summed E-state index contributed by atoms with van der Waals surface area (Å²) in [6.07, 6.45) is 1.69. The van der Waals surface area contributed by atoms with Crippen LogP contribution in [0.5, 0.6) is 5.75 Å². The van der Waals surface area contributed by atoms with Crippen molar-refractivity contribution in [3.05, 3.63) is 70.1 Å². The molecule has 2 aromatic rings. The van der Waals surface area contributed by atoms with Crippen LogP contribution in [0.15, 0.2) is 53.4 Å². The Bertz CT molecular complexity index is 781. The Morgan fingerprint density at radius 1 is 1.09 bits per heavy atom. The monoisotopic (exact) mass is 325 g/mol. The molecule has 0 bridgehead atoms. The summed E-state index contributed by atoms with van der Waals surface area (Å²) in [4.78, 5) is 23.0. The van der Waals surface area contributed by atoms with E-state index in [1.165, 1.54) is 5.56 Å². The van der Waals surface area contributed by atoms with Gasteiger partial charge in [-0.25, -0.2) is 0 Å². The molecular formula is C18H15NO3S. The van der Waals surface area contributed by atoms with Gasteiger partial charge < -0.3 is 4.74 Å². The summed E-state index contributed by atoms with van der Waals surface area (Å²) in [5.74, 6) is 0.412. The van der Waals surface area contributed by atoms with Gasteiger partial charge in [-0.3, -0.25) is 14.9 Å².